The number of aliphatic imine (C=N–C) groups is 2. The minimum atomic E-state index is -0.901. The second-order valence-corrected chi connectivity index (χ2v) is 15.3. The van der Waals surface area contributed by atoms with Gasteiger partial charge in [0.05, 0.1) is 41.5 Å². The van der Waals surface area contributed by atoms with E-state index < -0.39 is 17.7 Å². The van der Waals surface area contributed by atoms with E-state index in [1.807, 2.05) is 39.5 Å². The molecule has 0 radical (unpaired) electrons. The van der Waals surface area contributed by atoms with Crippen LogP contribution in [-0.2, 0) is 14.3 Å². The van der Waals surface area contributed by atoms with E-state index in [2.05, 4.69) is 50.4 Å². The van der Waals surface area contributed by atoms with Gasteiger partial charge < -0.3 is 19.8 Å². The number of hydrazine groups is 1. The van der Waals surface area contributed by atoms with Crippen LogP contribution >= 0.6 is 11.8 Å². The van der Waals surface area contributed by atoms with Gasteiger partial charge in [0.15, 0.2) is 6.10 Å². The molecular formula is C32H57N5O3S. The van der Waals surface area contributed by atoms with Gasteiger partial charge in [-0.25, -0.2) is 10.2 Å². The summed E-state index contributed by atoms with van der Waals surface area (Å²) in [5.74, 6) is 0.444. The third-order valence-electron chi connectivity index (χ3n) is 8.77. The molecule has 9 heteroatoms. The first-order valence-corrected chi connectivity index (χ1v) is 16.6. The quantitative estimate of drug-likeness (QED) is 0.374. The molecule has 4 bridgehead atoms. The van der Waals surface area contributed by atoms with Crippen molar-refractivity contribution in [2.75, 3.05) is 20.2 Å². The lowest BCUT2D eigenvalue weighted by atomic mass is 9.76. The van der Waals surface area contributed by atoms with Crippen LogP contribution in [0.15, 0.2) is 21.4 Å². The normalized spacial score (nSPS) is 36.3. The summed E-state index contributed by atoms with van der Waals surface area (Å²) < 4.78 is 11.7. The summed E-state index contributed by atoms with van der Waals surface area (Å²) in [6.45, 7) is 20.9. The van der Waals surface area contributed by atoms with Crippen LogP contribution in [0, 0.1) is 5.41 Å². The molecule has 0 aromatic heterocycles. The number of nitrogens with zero attached hydrogens (tertiary/aromatic N) is 3. The van der Waals surface area contributed by atoms with E-state index in [-0.39, 0.29) is 18.1 Å². The lowest BCUT2D eigenvalue weighted by Gasteiger charge is -2.44. The maximum Gasteiger partial charge on any atom is 0.339 e. The Kier molecular flexibility index (Phi) is 12.2. The van der Waals surface area contributed by atoms with Gasteiger partial charge in [0.1, 0.15) is 5.82 Å². The number of ether oxygens (including phenoxy) is 2. The molecule has 0 aromatic rings. The van der Waals surface area contributed by atoms with Gasteiger partial charge in [-0.15, -0.1) is 11.8 Å². The topological polar surface area (TPSA) is 87.5 Å². The van der Waals surface area contributed by atoms with Gasteiger partial charge in [0.2, 0.25) is 0 Å². The summed E-state index contributed by atoms with van der Waals surface area (Å²) in [6.07, 6.45) is 9.01. The van der Waals surface area contributed by atoms with Crippen molar-refractivity contribution in [3.8, 4) is 0 Å². The second kappa shape index (κ2) is 14.7. The number of esters is 1. The molecule has 4 rings (SSSR count). The summed E-state index contributed by atoms with van der Waals surface area (Å²) in [6, 6.07) is -0.116. The summed E-state index contributed by atoms with van der Waals surface area (Å²) in [5, 5.41) is 1.68. The Balaban J connectivity index is 2.08. The van der Waals surface area contributed by atoms with Gasteiger partial charge in [-0.2, -0.15) is 0 Å². The van der Waals surface area contributed by atoms with Gasteiger partial charge >= 0.3 is 5.97 Å². The Morgan fingerprint density at radius 1 is 1.02 bits per heavy atom. The van der Waals surface area contributed by atoms with Crippen LogP contribution in [0.2, 0.25) is 0 Å². The molecule has 0 saturated carbocycles. The fourth-order valence-electron chi connectivity index (χ4n) is 6.34. The zero-order valence-electron chi connectivity index (χ0n) is 27.4. The van der Waals surface area contributed by atoms with Gasteiger partial charge in [-0.1, -0.05) is 39.5 Å². The van der Waals surface area contributed by atoms with Crippen LogP contribution < -0.4 is 10.9 Å². The zero-order valence-corrected chi connectivity index (χ0v) is 28.2. The Bertz CT molecular complexity index is 980. The average molecular weight is 592 g/mol. The standard InChI is InChI=1S/C32H57N5O3S/c1-21-15-13-11-12-14-16-32(9)17-19-37(20-18-32)29-26(28(30(38)39-10)40-31(6,7)8)22(2)33-23(3)27(35-36-29)24(4)34-25(5)41-21/h21,23-24,27-28,35-36H,11-20H2,1-10H3/b29-26+,33-22-,34-25-/t21?,23?,24-,27-,28+/m1/s1. The second-order valence-electron chi connectivity index (χ2n) is 13.7. The molecule has 4 aliphatic rings. The molecule has 0 aromatic carbocycles. The fourth-order valence-corrected chi connectivity index (χ4v) is 7.44. The highest BCUT2D eigenvalue weighted by atomic mass is 32.2. The van der Waals surface area contributed by atoms with Crippen LogP contribution in [0.3, 0.4) is 0 Å². The maximum atomic E-state index is 13.3. The van der Waals surface area contributed by atoms with E-state index in [0.29, 0.717) is 10.7 Å². The Hall–Kier alpha value is -1.58. The molecule has 4 aliphatic heterocycles. The van der Waals surface area contributed by atoms with E-state index in [1.165, 1.54) is 45.6 Å². The van der Waals surface area contributed by atoms with Crippen molar-refractivity contribution in [2.45, 2.75) is 149 Å². The Morgan fingerprint density at radius 3 is 2.29 bits per heavy atom. The van der Waals surface area contributed by atoms with Gasteiger partial charge in [-0.05, 0) is 79.6 Å². The lowest BCUT2D eigenvalue weighted by molar-refractivity contribution is -0.159. The highest BCUT2D eigenvalue weighted by molar-refractivity contribution is 8.14. The number of carbonyl (C=O) groups is 1. The average Bonchev–Trinajstić information content (AvgIpc) is 2.87. The van der Waals surface area contributed by atoms with E-state index >= 15 is 0 Å². The smallest absolute Gasteiger partial charge is 0.339 e. The van der Waals surface area contributed by atoms with Gasteiger partial charge in [0, 0.05) is 24.1 Å². The van der Waals surface area contributed by atoms with Crippen molar-refractivity contribution in [3.05, 3.63) is 11.4 Å². The molecule has 234 valence electrons. The van der Waals surface area contributed by atoms with E-state index in [9.17, 15) is 4.79 Å². The predicted molar refractivity (Wildman–Crippen MR) is 173 cm³/mol. The monoisotopic (exact) mass is 591 g/mol. The van der Waals surface area contributed by atoms with Crippen molar-refractivity contribution in [1.82, 2.24) is 15.8 Å². The fraction of sp³-hybridized carbons (Fsp3) is 0.844. The number of nitrogens with one attached hydrogen (secondary N) is 2. The predicted octanol–water partition coefficient (Wildman–Crippen LogP) is 6.27. The number of piperidine rings is 1. The largest absolute Gasteiger partial charge is 0.467 e. The molecule has 8 nitrogen and oxygen atoms in total. The molecule has 0 aliphatic carbocycles. The number of methoxy groups -OCH3 is 1. The minimum Gasteiger partial charge on any atom is -0.467 e. The highest BCUT2D eigenvalue weighted by Gasteiger charge is 2.39. The molecule has 1 fully saturated rings. The molecule has 2 unspecified atom stereocenters. The number of rotatable bonds is 3. The summed E-state index contributed by atoms with van der Waals surface area (Å²) in [7, 11) is 1.42. The number of fused-ring (bicyclic) bond motifs is 11. The SMILES string of the molecule is COC(=O)[C@@H](OC(C)(C)C)C1=C2\NN[C@H](C(C)/N=C\1C)[C@@H](C)/N=C(/C)SC(C)CCCCCCC1(C)CCN2CC1. The lowest BCUT2D eigenvalue weighted by Crippen LogP contribution is -2.56. The van der Waals surface area contributed by atoms with Gasteiger partial charge in [-0.3, -0.25) is 9.98 Å². The molecule has 0 amide bonds. The summed E-state index contributed by atoms with van der Waals surface area (Å²) in [5.41, 5.74) is 8.52. The number of thioether (sulfide) groups is 1. The molecule has 1 saturated heterocycles. The van der Waals surface area contributed by atoms with Gasteiger partial charge in [0.25, 0.3) is 0 Å². The van der Waals surface area contributed by atoms with Crippen molar-refractivity contribution in [2.24, 2.45) is 15.4 Å². The molecular weight excluding hydrogens is 534 g/mol. The highest BCUT2D eigenvalue weighted by Crippen LogP contribution is 2.38. The van der Waals surface area contributed by atoms with Crippen molar-refractivity contribution in [3.63, 3.8) is 0 Å². The maximum absolute atomic E-state index is 13.3. The third-order valence-corrected chi connectivity index (χ3v) is 9.86. The number of hydrogen-bond acceptors (Lipinski definition) is 9. The van der Waals surface area contributed by atoms with E-state index in [0.717, 1.165) is 48.1 Å². The molecule has 4 heterocycles. The van der Waals surface area contributed by atoms with Crippen molar-refractivity contribution >= 4 is 28.5 Å². The Morgan fingerprint density at radius 2 is 1.66 bits per heavy atom. The van der Waals surface area contributed by atoms with E-state index in [1.54, 1.807) is 0 Å². The molecule has 0 spiro atoms. The first-order chi connectivity index (χ1) is 19.2. The zero-order chi connectivity index (χ0) is 30.4. The minimum absolute atomic E-state index is 0.00510. The summed E-state index contributed by atoms with van der Waals surface area (Å²) in [4.78, 5) is 25.9. The van der Waals surface area contributed by atoms with Crippen molar-refractivity contribution < 1.29 is 14.3 Å². The van der Waals surface area contributed by atoms with Crippen LogP contribution in [0.1, 0.15) is 114 Å². The first kappa shape index (κ1) is 33.9. The van der Waals surface area contributed by atoms with Crippen LogP contribution in [0.4, 0.5) is 0 Å². The molecule has 41 heavy (non-hydrogen) atoms. The first-order valence-electron chi connectivity index (χ1n) is 15.7. The van der Waals surface area contributed by atoms with E-state index in [4.69, 9.17) is 19.5 Å². The van der Waals surface area contributed by atoms with Crippen molar-refractivity contribution in [1.29, 1.82) is 0 Å². The van der Waals surface area contributed by atoms with Crippen LogP contribution in [-0.4, -0.2) is 76.9 Å². The molecule has 5 atom stereocenters. The number of hydrogen-bond donors (Lipinski definition) is 2. The Labute approximate surface area is 253 Å². The molecule has 2 N–H and O–H groups in total. The van der Waals surface area contributed by atoms with Crippen LogP contribution in [0.5, 0.6) is 0 Å². The number of carbonyl (C=O) groups excluding carboxylic acids is 1. The third kappa shape index (κ3) is 9.72. The summed E-state index contributed by atoms with van der Waals surface area (Å²) >= 11 is 1.89. The van der Waals surface area contributed by atoms with Crippen LogP contribution in [0.25, 0.3) is 0 Å².